The number of carbonyl (C=O) groups excluding carboxylic acids is 2. The molecule has 3 atom stereocenters. The molecule has 0 aromatic rings. The van der Waals surface area contributed by atoms with Crippen LogP contribution in [0, 0.1) is 0 Å². The van der Waals surface area contributed by atoms with Gasteiger partial charge in [0.05, 0.1) is 14.2 Å². The predicted octanol–water partition coefficient (Wildman–Crippen LogP) is 8.83. The van der Waals surface area contributed by atoms with Crippen LogP contribution in [-0.4, -0.2) is 41.1 Å². The molecule has 0 aromatic heterocycles. The fourth-order valence-electron chi connectivity index (χ4n) is 1.78. The zero-order valence-corrected chi connectivity index (χ0v) is 33.9. The zero-order valence-electron chi connectivity index (χ0n) is 25.2. The molecule has 0 rings (SSSR count). The molecule has 0 saturated heterocycles. The van der Waals surface area contributed by atoms with Crippen molar-refractivity contribution in [1.29, 1.82) is 0 Å². The largest absolute Gasteiger partial charge is 0.466 e. The molecule has 0 aliphatic rings. The molecular formula is C25H54O5P4S4Si. The lowest BCUT2D eigenvalue weighted by Crippen LogP contribution is -2.40. The first kappa shape index (κ1) is 49.6. The SMILES string of the molecule is C=CC(=O)OC.C=CCCCCO[Si](C)(C)C(C)(C)C.CCCCC/C=C/C(=O)OC.PP(P)P.S=S=S=S. The lowest BCUT2D eigenvalue weighted by molar-refractivity contribution is -0.135. The second-order valence-electron chi connectivity index (χ2n) is 9.13. The third-order valence-corrected chi connectivity index (χ3v) is 11.7. The van der Waals surface area contributed by atoms with Crippen molar-refractivity contribution in [2.75, 3.05) is 20.8 Å². The minimum Gasteiger partial charge on any atom is -0.466 e. The van der Waals surface area contributed by atoms with E-state index < -0.39 is 14.3 Å². The number of allylic oxidation sites excluding steroid dienone is 2. The second kappa shape index (κ2) is 37.0. The van der Waals surface area contributed by atoms with Crippen molar-refractivity contribution < 1.29 is 23.5 Å². The van der Waals surface area contributed by atoms with E-state index in [1.165, 1.54) is 63.7 Å². The van der Waals surface area contributed by atoms with E-state index in [9.17, 15) is 9.59 Å². The van der Waals surface area contributed by atoms with Crippen molar-refractivity contribution in [3.05, 3.63) is 37.5 Å². The number of esters is 2. The number of hydrogen-bond acceptors (Lipinski definition) is 7. The van der Waals surface area contributed by atoms with Crippen molar-refractivity contribution >= 4 is 94.2 Å². The van der Waals surface area contributed by atoms with Gasteiger partial charge in [-0.2, -0.15) is 0 Å². The van der Waals surface area contributed by atoms with Crippen molar-refractivity contribution in [1.82, 2.24) is 0 Å². The highest BCUT2D eigenvalue weighted by Crippen LogP contribution is 2.59. The number of ether oxygens (including phenoxy) is 2. The Morgan fingerprint density at radius 1 is 0.923 bits per heavy atom. The van der Waals surface area contributed by atoms with Crippen molar-refractivity contribution in [3.8, 4) is 0 Å². The van der Waals surface area contributed by atoms with E-state index in [4.69, 9.17) is 4.43 Å². The van der Waals surface area contributed by atoms with Gasteiger partial charge in [0, 0.05) is 58.9 Å². The van der Waals surface area contributed by atoms with Gasteiger partial charge >= 0.3 is 11.9 Å². The molecule has 0 spiro atoms. The quantitative estimate of drug-likeness (QED) is 0.0500. The summed E-state index contributed by atoms with van der Waals surface area (Å²) in [5.41, 5.74) is 0. The normalized spacial score (nSPS) is 10.1. The highest BCUT2D eigenvalue weighted by molar-refractivity contribution is 8.65. The van der Waals surface area contributed by atoms with Gasteiger partial charge in [-0.25, -0.2) is 9.59 Å². The molecular weight excluding hydrogens is 661 g/mol. The summed E-state index contributed by atoms with van der Waals surface area (Å²) < 4.78 is 14.6. The molecule has 0 radical (unpaired) electrons. The van der Waals surface area contributed by atoms with Crippen molar-refractivity contribution in [3.63, 3.8) is 0 Å². The van der Waals surface area contributed by atoms with E-state index in [2.05, 4.69) is 113 Å². The molecule has 0 amide bonds. The van der Waals surface area contributed by atoms with Gasteiger partial charge in [-0.15, -0.1) is 33.4 Å². The summed E-state index contributed by atoms with van der Waals surface area (Å²) in [7, 11) is 11.5. The predicted molar refractivity (Wildman–Crippen MR) is 200 cm³/mol. The molecule has 0 fully saturated rings. The van der Waals surface area contributed by atoms with Gasteiger partial charge < -0.3 is 13.9 Å². The smallest absolute Gasteiger partial charge is 0.330 e. The molecule has 0 aliphatic carbocycles. The van der Waals surface area contributed by atoms with E-state index in [0.717, 1.165) is 31.9 Å². The van der Waals surface area contributed by atoms with Crippen molar-refractivity contribution in [2.45, 2.75) is 90.8 Å². The van der Waals surface area contributed by atoms with Gasteiger partial charge in [0.25, 0.3) is 0 Å². The first-order chi connectivity index (χ1) is 18.1. The van der Waals surface area contributed by atoms with E-state index >= 15 is 0 Å². The van der Waals surface area contributed by atoms with Crippen LogP contribution in [0.25, 0.3) is 0 Å². The van der Waals surface area contributed by atoms with Crippen LogP contribution in [0.5, 0.6) is 0 Å². The van der Waals surface area contributed by atoms with Crippen LogP contribution in [0.15, 0.2) is 37.5 Å². The highest BCUT2D eigenvalue weighted by atomic mass is 33.2. The molecule has 39 heavy (non-hydrogen) atoms. The fourth-order valence-corrected chi connectivity index (χ4v) is 2.87. The standard InChI is InChI=1S/C12H26OSi.C9H16O2.C4H6O2.H6P4.S4/c1-7-8-9-10-11-13-14(5,6)12(2,3)4;1-3-4-5-6-7-8-9(10)11-2;1-3-4(5)6-2;1-4(2)3;1-3-4-2/h7H,1,8-11H2,2-6H3;7-8H,3-6H2,1-2H3;3H,1H2,2H3;1-3H2;/b;8-7+;;;. The topological polar surface area (TPSA) is 61.8 Å². The molecule has 0 heterocycles. The first-order valence-corrected chi connectivity index (χ1v) is 25.5. The molecule has 0 N–H and O–H groups in total. The molecule has 0 saturated carbocycles. The summed E-state index contributed by atoms with van der Waals surface area (Å²) in [5, 5.41) is 0.339. The van der Waals surface area contributed by atoms with Crippen LogP contribution in [0.2, 0.25) is 18.1 Å². The Bertz CT molecular complexity index is 711. The van der Waals surface area contributed by atoms with Crippen molar-refractivity contribution in [2.24, 2.45) is 0 Å². The van der Waals surface area contributed by atoms with E-state index in [1.54, 1.807) is 0 Å². The summed E-state index contributed by atoms with van der Waals surface area (Å²) >= 11 is 8.66. The molecule has 232 valence electrons. The zero-order chi connectivity index (χ0) is 31.8. The Kier molecular flexibility index (Phi) is 47.0. The second-order valence-corrected chi connectivity index (χ2v) is 29.1. The molecule has 3 unspecified atom stereocenters. The van der Waals surface area contributed by atoms with E-state index in [0.29, 0.717) is 5.04 Å². The van der Waals surface area contributed by atoms with Crippen LogP contribution in [0.1, 0.15) is 72.6 Å². The maximum absolute atomic E-state index is 10.5. The molecule has 0 aromatic carbocycles. The van der Waals surface area contributed by atoms with Crippen LogP contribution >= 0.6 is 33.8 Å². The third-order valence-electron chi connectivity index (χ3n) is 4.90. The Morgan fingerprint density at radius 2 is 1.38 bits per heavy atom. The summed E-state index contributed by atoms with van der Waals surface area (Å²) in [4.78, 5) is 20.4. The van der Waals surface area contributed by atoms with Gasteiger partial charge in [0.2, 0.25) is 0 Å². The monoisotopic (exact) mass is 714 g/mol. The van der Waals surface area contributed by atoms with E-state index in [-0.39, 0.29) is 13.0 Å². The Morgan fingerprint density at radius 3 is 1.69 bits per heavy atom. The number of hydrogen-bond donors (Lipinski definition) is 0. The molecule has 5 nitrogen and oxygen atoms in total. The van der Waals surface area contributed by atoms with Gasteiger partial charge in [-0.1, -0.05) is 59.3 Å². The summed E-state index contributed by atoms with van der Waals surface area (Å²) in [6.07, 6.45) is 14.5. The molecule has 14 heteroatoms. The Labute approximate surface area is 265 Å². The highest BCUT2D eigenvalue weighted by Gasteiger charge is 2.36. The lowest BCUT2D eigenvalue weighted by atomic mass is 10.2. The molecule has 0 aliphatic heterocycles. The number of methoxy groups -OCH3 is 2. The van der Waals surface area contributed by atoms with Crippen LogP contribution in [-0.2, 0) is 63.6 Å². The Hall–Kier alpha value is 0.937. The van der Waals surface area contributed by atoms with Gasteiger partial charge in [-0.05, 0) is 57.2 Å². The molecule has 0 bridgehead atoms. The average molecular weight is 715 g/mol. The maximum Gasteiger partial charge on any atom is 0.330 e. The van der Waals surface area contributed by atoms with Crippen LogP contribution in [0.4, 0.5) is 0 Å². The lowest BCUT2D eigenvalue weighted by Gasteiger charge is -2.36. The number of rotatable bonds is 12. The number of carbonyl (C=O) groups is 2. The van der Waals surface area contributed by atoms with Gasteiger partial charge in [-0.3, -0.25) is 0 Å². The fraction of sp³-hybridized carbons (Fsp3) is 0.680. The third kappa shape index (κ3) is 52.1. The minimum absolute atomic E-state index is 0.130. The minimum atomic E-state index is -1.49. The van der Waals surface area contributed by atoms with Gasteiger partial charge in [0.1, 0.15) is 0 Å². The first-order valence-electron chi connectivity index (χ1n) is 12.4. The Balaban J connectivity index is -0.000000136. The summed E-state index contributed by atoms with van der Waals surface area (Å²) in [5.74, 6) is -0.656. The van der Waals surface area contributed by atoms with Gasteiger partial charge in [0.15, 0.2) is 8.32 Å². The average Bonchev–Trinajstić information content (AvgIpc) is 2.87. The van der Waals surface area contributed by atoms with Crippen LogP contribution in [0.3, 0.4) is 0 Å². The number of unbranched alkanes of at least 4 members (excludes halogenated alkanes) is 5. The summed E-state index contributed by atoms with van der Waals surface area (Å²) in [6, 6.07) is 0. The van der Waals surface area contributed by atoms with E-state index in [1.807, 2.05) is 12.2 Å². The summed E-state index contributed by atoms with van der Waals surface area (Å²) in [6.45, 7) is 21.5. The maximum atomic E-state index is 10.5. The van der Waals surface area contributed by atoms with Crippen LogP contribution < -0.4 is 0 Å².